The van der Waals surface area contributed by atoms with Gasteiger partial charge in [0.15, 0.2) is 0 Å². The fraction of sp³-hybridized carbons (Fsp3) is 0.357. The van der Waals surface area contributed by atoms with Crippen LogP contribution in [0.15, 0.2) is 30.6 Å². The first-order chi connectivity index (χ1) is 9.41. The monoisotopic (exact) mass is 281 g/mol. The van der Waals surface area contributed by atoms with Crippen molar-refractivity contribution in [2.75, 3.05) is 5.73 Å². The summed E-state index contributed by atoms with van der Waals surface area (Å²) >= 11 is 0. The van der Waals surface area contributed by atoms with Crippen LogP contribution in [0.2, 0.25) is 0 Å². The molecule has 1 aromatic heterocycles. The lowest BCUT2D eigenvalue weighted by molar-refractivity contribution is -0.137. The number of anilines is 1. The zero-order valence-corrected chi connectivity index (χ0v) is 10.7. The number of hydrogen-bond donors (Lipinski definition) is 1. The van der Waals surface area contributed by atoms with Crippen molar-refractivity contribution in [2.24, 2.45) is 5.92 Å². The normalized spacial score (nSPS) is 15.6. The average Bonchev–Trinajstić information content (AvgIpc) is 3.03. The fourth-order valence-corrected chi connectivity index (χ4v) is 2.16. The van der Waals surface area contributed by atoms with Crippen LogP contribution in [0.1, 0.15) is 18.4 Å². The number of rotatable bonds is 3. The van der Waals surface area contributed by atoms with Crippen molar-refractivity contribution in [3.63, 3.8) is 0 Å². The van der Waals surface area contributed by atoms with E-state index in [1.165, 1.54) is 18.9 Å². The number of alkyl halides is 3. The van der Waals surface area contributed by atoms with E-state index in [0.29, 0.717) is 17.0 Å². The largest absolute Gasteiger partial charge is 0.416 e. The molecule has 1 aliphatic rings. The molecule has 0 spiro atoms. The van der Waals surface area contributed by atoms with Crippen molar-refractivity contribution in [1.82, 2.24) is 9.78 Å². The molecule has 1 saturated carbocycles. The number of nitrogens with zero attached hydrogens (tertiary/aromatic N) is 2. The molecule has 0 atom stereocenters. The van der Waals surface area contributed by atoms with Crippen molar-refractivity contribution in [3.8, 4) is 11.1 Å². The fourth-order valence-electron chi connectivity index (χ4n) is 2.16. The molecule has 3 rings (SSSR count). The van der Waals surface area contributed by atoms with E-state index in [0.717, 1.165) is 18.7 Å². The van der Waals surface area contributed by atoms with Crippen LogP contribution in [0.25, 0.3) is 11.1 Å². The van der Waals surface area contributed by atoms with Crippen LogP contribution in [0, 0.1) is 5.92 Å². The van der Waals surface area contributed by atoms with Gasteiger partial charge >= 0.3 is 6.18 Å². The van der Waals surface area contributed by atoms with Crippen molar-refractivity contribution in [3.05, 3.63) is 36.2 Å². The maximum atomic E-state index is 12.8. The second-order valence-electron chi connectivity index (χ2n) is 5.24. The Balaban J connectivity index is 1.92. The van der Waals surface area contributed by atoms with Crippen LogP contribution in [-0.4, -0.2) is 9.78 Å². The van der Waals surface area contributed by atoms with Crippen LogP contribution in [0.4, 0.5) is 18.9 Å². The zero-order valence-electron chi connectivity index (χ0n) is 10.7. The van der Waals surface area contributed by atoms with E-state index in [9.17, 15) is 13.2 Å². The van der Waals surface area contributed by atoms with Gasteiger partial charge in [0.05, 0.1) is 11.8 Å². The predicted molar refractivity (Wildman–Crippen MR) is 69.8 cm³/mol. The third-order valence-electron chi connectivity index (χ3n) is 3.39. The molecule has 106 valence electrons. The molecule has 0 aliphatic heterocycles. The van der Waals surface area contributed by atoms with Crippen LogP contribution < -0.4 is 5.73 Å². The molecule has 20 heavy (non-hydrogen) atoms. The van der Waals surface area contributed by atoms with Crippen molar-refractivity contribution in [1.29, 1.82) is 0 Å². The number of halogens is 3. The van der Waals surface area contributed by atoms with Gasteiger partial charge in [0.1, 0.15) is 0 Å². The summed E-state index contributed by atoms with van der Waals surface area (Å²) in [5.41, 5.74) is 6.03. The molecular formula is C14H14F3N3. The lowest BCUT2D eigenvalue weighted by Gasteiger charge is -2.09. The summed E-state index contributed by atoms with van der Waals surface area (Å²) in [6.45, 7) is 0.828. The molecule has 3 nitrogen and oxygen atoms in total. The van der Waals surface area contributed by atoms with Gasteiger partial charge in [-0.2, -0.15) is 18.3 Å². The molecule has 0 bridgehead atoms. The summed E-state index contributed by atoms with van der Waals surface area (Å²) in [6.07, 6.45) is 1.36. The summed E-state index contributed by atoms with van der Waals surface area (Å²) in [5.74, 6) is 0.661. The highest BCUT2D eigenvalue weighted by atomic mass is 19.4. The van der Waals surface area contributed by atoms with Gasteiger partial charge in [-0.3, -0.25) is 4.68 Å². The first kappa shape index (κ1) is 13.0. The molecule has 6 heteroatoms. The van der Waals surface area contributed by atoms with Gasteiger partial charge in [-0.25, -0.2) is 0 Å². The minimum absolute atomic E-state index is 0.102. The molecule has 0 saturated heterocycles. The van der Waals surface area contributed by atoms with Crippen LogP contribution in [-0.2, 0) is 12.7 Å². The minimum Gasteiger partial charge on any atom is -0.399 e. The number of hydrogen-bond acceptors (Lipinski definition) is 2. The van der Waals surface area contributed by atoms with Crippen LogP contribution >= 0.6 is 0 Å². The third-order valence-corrected chi connectivity index (χ3v) is 3.39. The van der Waals surface area contributed by atoms with E-state index in [2.05, 4.69) is 5.10 Å². The van der Waals surface area contributed by atoms with E-state index >= 15 is 0 Å². The van der Waals surface area contributed by atoms with Crippen molar-refractivity contribution in [2.45, 2.75) is 25.6 Å². The summed E-state index contributed by atoms with van der Waals surface area (Å²) < 4.78 is 40.1. The second kappa shape index (κ2) is 4.54. The first-order valence-corrected chi connectivity index (χ1v) is 6.42. The van der Waals surface area contributed by atoms with E-state index < -0.39 is 11.7 Å². The second-order valence-corrected chi connectivity index (χ2v) is 5.24. The maximum Gasteiger partial charge on any atom is 0.416 e. The Morgan fingerprint density at radius 1 is 1.20 bits per heavy atom. The van der Waals surface area contributed by atoms with Gasteiger partial charge in [-0.05, 0) is 42.5 Å². The smallest absolute Gasteiger partial charge is 0.399 e. The van der Waals surface area contributed by atoms with E-state index in [1.54, 1.807) is 17.1 Å². The number of aromatic nitrogens is 2. The summed E-state index contributed by atoms with van der Waals surface area (Å²) in [4.78, 5) is 0. The standard InChI is InChI=1S/C14H14F3N3/c15-14(16,17)12-3-10(4-13(18)5-12)11-6-19-20(8-11)7-9-1-2-9/h3-6,8-9H,1-2,7,18H2. The Bertz CT molecular complexity index is 627. The quantitative estimate of drug-likeness (QED) is 0.874. The average molecular weight is 281 g/mol. The first-order valence-electron chi connectivity index (χ1n) is 6.42. The summed E-state index contributed by atoms with van der Waals surface area (Å²) in [5, 5.41) is 4.19. The van der Waals surface area contributed by atoms with Crippen molar-refractivity contribution >= 4 is 5.69 Å². The molecule has 0 radical (unpaired) electrons. The molecule has 1 aromatic carbocycles. The SMILES string of the molecule is Nc1cc(-c2cnn(CC3CC3)c2)cc(C(F)(F)F)c1. The maximum absolute atomic E-state index is 12.8. The Morgan fingerprint density at radius 2 is 1.95 bits per heavy atom. The number of benzene rings is 1. The molecular weight excluding hydrogens is 267 g/mol. The Labute approximate surface area is 114 Å². The van der Waals surface area contributed by atoms with E-state index in [1.807, 2.05) is 0 Å². The number of nitrogen functional groups attached to an aromatic ring is 1. The van der Waals surface area contributed by atoms with E-state index in [4.69, 9.17) is 5.73 Å². The molecule has 2 aromatic rings. The topological polar surface area (TPSA) is 43.8 Å². The van der Waals surface area contributed by atoms with Crippen LogP contribution in [0.3, 0.4) is 0 Å². The van der Waals surface area contributed by atoms with Crippen LogP contribution in [0.5, 0.6) is 0 Å². The van der Waals surface area contributed by atoms with Gasteiger partial charge in [0.2, 0.25) is 0 Å². The highest BCUT2D eigenvalue weighted by Gasteiger charge is 2.31. The van der Waals surface area contributed by atoms with Gasteiger partial charge in [0, 0.05) is 24.0 Å². The molecule has 0 amide bonds. The van der Waals surface area contributed by atoms with E-state index in [-0.39, 0.29) is 5.69 Å². The zero-order chi connectivity index (χ0) is 14.3. The molecule has 1 fully saturated rings. The van der Waals surface area contributed by atoms with Gasteiger partial charge in [0.25, 0.3) is 0 Å². The Kier molecular flexibility index (Phi) is 2.96. The summed E-state index contributed by atoms with van der Waals surface area (Å²) in [6, 6.07) is 3.58. The molecule has 1 heterocycles. The van der Waals surface area contributed by atoms with Gasteiger partial charge in [-0.1, -0.05) is 0 Å². The molecule has 2 N–H and O–H groups in total. The Hall–Kier alpha value is -1.98. The molecule has 0 unspecified atom stereocenters. The third kappa shape index (κ3) is 2.79. The summed E-state index contributed by atoms with van der Waals surface area (Å²) in [7, 11) is 0. The van der Waals surface area contributed by atoms with Gasteiger partial charge < -0.3 is 5.73 Å². The molecule has 1 aliphatic carbocycles. The Morgan fingerprint density at radius 3 is 2.60 bits per heavy atom. The predicted octanol–water partition coefficient (Wildman–Crippen LogP) is 3.56. The highest BCUT2D eigenvalue weighted by Crippen LogP contribution is 2.34. The minimum atomic E-state index is -4.39. The van der Waals surface area contributed by atoms with Gasteiger partial charge in [-0.15, -0.1) is 0 Å². The lowest BCUT2D eigenvalue weighted by Crippen LogP contribution is -2.06. The highest BCUT2D eigenvalue weighted by molar-refractivity contribution is 5.67. The number of nitrogens with two attached hydrogens (primary N) is 1. The lowest BCUT2D eigenvalue weighted by atomic mass is 10.0. The van der Waals surface area contributed by atoms with Crippen molar-refractivity contribution < 1.29 is 13.2 Å².